The first-order chi connectivity index (χ1) is 13.9. The second-order valence-electron chi connectivity index (χ2n) is 7.06. The topological polar surface area (TPSA) is 55.1 Å². The number of benzene rings is 1. The van der Waals surface area contributed by atoms with Crippen LogP contribution < -0.4 is 0 Å². The summed E-state index contributed by atoms with van der Waals surface area (Å²) in [6.07, 6.45) is -1.32. The van der Waals surface area contributed by atoms with E-state index in [2.05, 4.69) is 24.5 Å². The fraction of sp³-hybridized carbons (Fsp3) is 0.350. The first-order valence-corrected chi connectivity index (χ1v) is 9.23. The summed E-state index contributed by atoms with van der Waals surface area (Å²) in [5, 5.41) is 3.37. The van der Waals surface area contributed by atoms with Crippen molar-refractivity contribution in [3.8, 4) is 11.4 Å². The quantitative estimate of drug-likeness (QED) is 0.590. The molecule has 0 saturated carbocycles. The van der Waals surface area contributed by atoms with Crippen LogP contribution in [0.4, 0.5) is 17.6 Å². The molecule has 1 saturated heterocycles. The van der Waals surface area contributed by atoms with E-state index < -0.39 is 12.1 Å². The largest absolute Gasteiger partial charge is 0.471 e. The van der Waals surface area contributed by atoms with E-state index in [1.54, 1.807) is 24.3 Å². The highest BCUT2D eigenvalue weighted by molar-refractivity contribution is 5.52. The summed E-state index contributed by atoms with van der Waals surface area (Å²) >= 11 is 0. The van der Waals surface area contributed by atoms with E-state index in [4.69, 9.17) is 0 Å². The van der Waals surface area contributed by atoms with Crippen molar-refractivity contribution < 1.29 is 22.1 Å². The summed E-state index contributed by atoms with van der Waals surface area (Å²) in [5.74, 6) is -1.58. The Morgan fingerprint density at radius 3 is 2.66 bits per heavy atom. The van der Waals surface area contributed by atoms with Gasteiger partial charge in [0.15, 0.2) is 0 Å². The van der Waals surface area contributed by atoms with E-state index in [0.29, 0.717) is 17.7 Å². The Labute approximate surface area is 164 Å². The lowest BCUT2D eigenvalue weighted by Gasteiger charge is -2.32. The molecule has 1 aromatic carbocycles. The smallest absolute Gasteiger partial charge is 0.329 e. The normalized spacial score (nSPS) is 18.1. The van der Waals surface area contributed by atoms with Crippen LogP contribution in [-0.2, 0) is 12.7 Å². The van der Waals surface area contributed by atoms with Crippen molar-refractivity contribution in [2.45, 2.75) is 31.5 Å². The predicted octanol–water partition coefficient (Wildman–Crippen LogP) is 4.67. The van der Waals surface area contributed by atoms with Crippen molar-refractivity contribution in [3.63, 3.8) is 0 Å². The summed E-state index contributed by atoms with van der Waals surface area (Å²) in [7, 11) is 0. The number of piperidine rings is 1. The van der Waals surface area contributed by atoms with Gasteiger partial charge in [0.2, 0.25) is 5.82 Å². The Morgan fingerprint density at radius 1 is 1.14 bits per heavy atom. The van der Waals surface area contributed by atoms with E-state index >= 15 is 0 Å². The van der Waals surface area contributed by atoms with Crippen LogP contribution in [0.3, 0.4) is 0 Å². The molecule has 152 valence electrons. The minimum atomic E-state index is -4.68. The Morgan fingerprint density at radius 2 is 1.97 bits per heavy atom. The van der Waals surface area contributed by atoms with Crippen molar-refractivity contribution in [1.82, 2.24) is 20.0 Å². The standard InChI is InChI=1S/C20H18F4N4O/c21-16-6-2-1-4-14(16)11-28-9-3-5-15(12-28)17-8-7-13(10-25-17)18-26-19(29-27-18)20(22,23)24/h1-2,4,6-8,10,15H,3,5,9,11-12H2/t15-/m0/s1. The number of pyridine rings is 1. The third kappa shape index (κ3) is 4.45. The molecular formula is C20H18F4N4O. The molecule has 3 heterocycles. The lowest BCUT2D eigenvalue weighted by molar-refractivity contribution is -0.159. The minimum absolute atomic E-state index is 0.152. The second kappa shape index (κ2) is 7.90. The molecule has 9 heteroatoms. The molecule has 4 rings (SSSR count). The fourth-order valence-electron chi connectivity index (χ4n) is 3.54. The number of nitrogens with zero attached hydrogens (tertiary/aromatic N) is 4. The van der Waals surface area contributed by atoms with Gasteiger partial charge in [0, 0.05) is 42.0 Å². The first-order valence-electron chi connectivity index (χ1n) is 9.23. The maximum absolute atomic E-state index is 13.9. The van der Waals surface area contributed by atoms with E-state index in [1.165, 1.54) is 12.3 Å². The molecule has 29 heavy (non-hydrogen) atoms. The fourth-order valence-corrected chi connectivity index (χ4v) is 3.54. The molecule has 0 bridgehead atoms. The number of hydrogen-bond donors (Lipinski definition) is 0. The molecule has 0 spiro atoms. The number of rotatable bonds is 4. The van der Waals surface area contributed by atoms with Crippen LogP contribution in [0, 0.1) is 5.82 Å². The van der Waals surface area contributed by atoms with Crippen LogP contribution in [0.2, 0.25) is 0 Å². The van der Waals surface area contributed by atoms with Gasteiger partial charge in [-0.1, -0.05) is 23.4 Å². The van der Waals surface area contributed by atoms with Gasteiger partial charge in [0.1, 0.15) is 5.82 Å². The molecule has 1 aliphatic heterocycles. The maximum atomic E-state index is 13.9. The van der Waals surface area contributed by atoms with Crippen LogP contribution in [0.15, 0.2) is 47.1 Å². The third-order valence-corrected chi connectivity index (χ3v) is 4.99. The van der Waals surface area contributed by atoms with Crippen molar-refractivity contribution in [1.29, 1.82) is 0 Å². The monoisotopic (exact) mass is 406 g/mol. The highest BCUT2D eigenvalue weighted by Crippen LogP contribution is 2.30. The van der Waals surface area contributed by atoms with Gasteiger partial charge >= 0.3 is 12.1 Å². The van der Waals surface area contributed by atoms with Crippen molar-refractivity contribution in [2.75, 3.05) is 13.1 Å². The Balaban J connectivity index is 1.44. The molecule has 0 unspecified atom stereocenters. The number of alkyl halides is 3. The molecule has 3 aromatic rings. The van der Waals surface area contributed by atoms with Gasteiger partial charge in [0.25, 0.3) is 0 Å². The summed E-state index contributed by atoms with van der Waals surface area (Å²) in [6.45, 7) is 2.15. The van der Waals surface area contributed by atoms with Crippen molar-refractivity contribution in [3.05, 3.63) is 65.6 Å². The van der Waals surface area contributed by atoms with Gasteiger partial charge in [-0.3, -0.25) is 9.88 Å². The highest BCUT2D eigenvalue weighted by Gasteiger charge is 2.38. The van der Waals surface area contributed by atoms with Gasteiger partial charge in [0.05, 0.1) is 0 Å². The highest BCUT2D eigenvalue weighted by atomic mass is 19.4. The van der Waals surface area contributed by atoms with E-state index in [0.717, 1.165) is 31.6 Å². The number of likely N-dealkylation sites (tertiary alicyclic amines) is 1. The maximum Gasteiger partial charge on any atom is 0.471 e. The SMILES string of the molecule is Fc1ccccc1CN1CCC[C@H](c2ccc(-c3noc(C(F)(F)F)n3)cn2)C1. The van der Waals surface area contributed by atoms with Crippen LogP contribution in [0.1, 0.15) is 35.9 Å². The Kier molecular flexibility index (Phi) is 5.31. The Bertz CT molecular complexity index is 971. The molecule has 0 N–H and O–H groups in total. The van der Waals surface area contributed by atoms with Crippen LogP contribution in [0.5, 0.6) is 0 Å². The molecule has 1 fully saturated rings. The van der Waals surface area contributed by atoms with Gasteiger partial charge in [-0.2, -0.15) is 18.2 Å². The lowest BCUT2D eigenvalue weighted by atomic mass is 9.93. The minimum Gasteiger partial charge on any atom is -0.329 e. The van der Waals surface area contributed by atoms with Gasteiger partial charge < -0.3 is 4.52 Å². The Hall–Kier alpha value is -2.81. The number of hydrogen-bond acceptors (Lipinski definition) is 5. The molecule has 0 amide bonds. The van der Waals surface area contributed by atoms with Gasteiger partial charge in [-0.05, 0) is 37.6 Å². The molecule has 0 radical (unpaired) electrons. The zero-order valence-electron chi connectivity index (χ0n) is 15.4. The molecular weight excluding hydrogens is 388 g/mol. The van der Waals surface area contributed by atoms with Crippen LogP contribution in [-0.4, -0.2) is 33.1 Å². The zero-order chi connectivity index (χ0) is 20.4. The van der Waals surface area contributed by atoms with Crippen LogP contribution >= 0.6 is 0 Å². The van der Waals surface area contributed by atoms with E-state index in [1.807, 2.05) is 6.07 Å². The zero-order valence-corrected chi connectivity index (χ0v) is 15.4. The van der Waals surface area contributed by atoms with Gasteiger partial charge in [-0.15, -0.1) is 0 Å². The van der Waals surface area contributed by atoms with Crippen LogP contribution in [0.25, 0.3) is 11.4 Å². The lowest BCUT2D eigenvalue weighted by Crippen LogP contribution is -2.34. The molecule has 0 aliphatic carbocycles. The summed E-state index contributed by atoms with van der Waals surface area (Å²) in [5.41, 5.74) is 1.85. The van der Waals surface area contributed by atoms with Crippen molar-refractivity contribution in [2.24, 2.45) is 0 Å². The average Bonchev–Trinajstić information content (AvgIpc) is 3.21. The van der Waals surface area contributed by atoms with E-state index in [9.17, 15) is 17.6 Å². The summed E-state index contributed by atoms with van der Waals surface area (Å²) in [4.78, 5) is 9.97. The molecule has 1 atom stereocenters. The van der Waals surface area contributed by atoms with E-state index in [-0.39, 0.29) is 17.6 Å². The summed E-state index contributed by atoms with van der Waals surface area (Å²) in [6, 6.07) is 10.2. The first kappa shape index (κ1) is 19.5. The molecule has 1 aliphatic rings. The third-order valence-electron chi connectivity index (χ3n) is 4.99. The average molecular weight is 406 g/mol. The predicted molar refractivity (Wildman–Crippen MR) is 96.2 cm³/mol. The number of aromatic nitrogens is 3. The number of halogens is 4. The molecule has 2 aromatic heterocycles. The summed E-state index contributed by atoms with van der Waals surface area (Å²) < 4.78 is 56.0. The van der Waals surface area contributed by atoms with Crippen molar-refractivity contribution >= 4 is 0 Å². The van der Waals surface area contributed by atoms with Gasteiger partial charge in [-0.25, -0.2) is 4.39 Å². The molecule has 5 nitrogen and oxygen atoms in total. The second-order valence-corrected chi connectivity index (χ2v) is 7.06.